The lowest BCUT2D eigenvalue weighted by molar-refractivity contribution is 0.0526. The van der Waals surface area contributed by atoms with E-state index in [9.17, 15) is 9.59 Å². The normalized spacial score (nSPS) is 11.4. The minimum Gasteiger partial charge on any atom is -0.462 e. The minimum atomic E-state index is -0.396. The molecule has 2 aromatic carbocycles. The molecule has 0 aliphatic rings. The smallest absolute Gasteiger partial charge is 0.338 e. The van der Waals surface area contributed by atoms with Crippen LogP contribution in [0.1, 0.15) is 27.6 Å². The fourth-order valence-electron chi connectivity index (χ4n) is 2.49. The molecule has 1 heterocycles. The third-order valence-electron chi connectivity index (χ3n) is 3.73. The van der Waals surface area contributed by atoms with Crippen molar-refractivity contribution in [2.45, 2.75) is 13.5 Å². The van der Waals surface area contributed by atoms with Crippen molar-refractivity contribution in [1.29, 1.82) is 0 Å². The number of nitrogens with zero attached hydrogens (tertiary/aromatic N) is 2. The summed E-state index contributed by atoms with van der Waals surface area (Å²) in [6.07, 6.45) is 5.47. The van der Waals surface area contributed by atoms with E-state index in [1.165, 1.54) is 11.3 Å². The van der Waals surface area contributed by atoms with E-state index in [1.54, 1.807) is 54.0 Å². The van der Waals surface area contributed by atoms with Gasteiger partial charge in [0.1, 0.15) is 0 Å². The molecule has 0 N–H and O–H groups in total. The second-order valence-corrected chi connectivity index (χ2v) is 6.95. The first-order chi connectivity index (χ1) is 13.0. The number of carbonyl (C=O) groups excluding carboxylic acids is 2. The van der Waals surface area contributed by atoms with Gasteiger partial charge in [-0.05, 0) is 49.4 Å². The van der Waals surface area contributed by atoms with Crippen molar-refractivity contribution in [1.82, 2.24) is 4.57 Å². The molecule has 3 aromatic rings. The van der Waals surface area contributed by atoms with Gasteiger partial charge in [-0.2, -0.15) is 4.99 Å². The topological polar surface area (TPSA) is 60.7 Å². The zero-order valence-electron chi connectivity index (χ0n) is 14.4. The number of amides is 1. The highest BCUT2D eigenvalue weighted by Gasteiger charge is 2.12. The molecule has 0 atom stereocenters. The van der Waals surface area contributed by atoms with Crippen LogP contribution in [0.5, 0.6) is 0 Å². The van der Waals surface area contributed by atoms with E-state index in [0.29, 0.717) is 27.6 Å². The Balaban J connectivity index is 2.09. The van der Waals surface area contributed by atoms with Gasteiger partial charge in [0.05, 0.1) is 28.9 Å². The summed E-state index contributed by atoms with van der Waals surface area (Å²) < 4.78 is 7.59. The van der Waals surface area contributed by atoms with Gasteiger partial charge in [0.2, 0.25) is 0 Å². The summed E-state index contributed by atoms with van der Waals surface area (Å²) in [5, 5.41) is 0.544. The Morgan fingerprint density at radius 3 is 2.59 bits per heavy atom. The van der Waals surface area contributed by atoms with E-state index in [-0.39, 0.29) is 6.54 Å². The van der Waals surface area contributed by atoms with Gasteiger partial charge >= 0.3 is 5.97 Å². The van der Waals surface area contributed by atoms with E-state index in [4.69, 9.17) is 22.8 Å². The highest BCUT2D eigenvalue weighted by atomic mass is 35.5. The number of benzene rings is 2. The van der Waals surface area contributed by atoms with Crippen LogP contribution in [0.4, 0.5) is 0 Å². The Bertz CT molecular complexity index is 1120. The number of terminal acetylenes is 1. The number of hydrogen-bond acceptors (Lipinski definition) is 4. The maximum atomic E-state index is 12.5. The standard InChI is InChI=1S/C20H15ClN2O3S/c1-3-11-23-16-10-7-14(19(25)26-4-2)12-17(16)27-20(23)22-18(24)13-5-8-15(21)9-6-13/h1,5-10,12H,4,11H2,2H3. The number of thiazole rings is 1. The van der Waals surface area contributed by atoms with Crippen LogP contribution in [-0.4, -0.2) is 23.1 Å². The maximum Gasteiger partial charge on any atom is 0.338 e. The van der Waals surface area contributed by atoms with Crippen LogP contribution in [-0.2, 0) is 11.3 Å². The second-order valence-electron chi connectivity index (χ2n) is 5.50. The number of esters is 1. The maximum absolute atomic E-state index is 12.5. The average molecular weight is 399 g/mol. The summed E-state index contributed by atoms with van der Waals surface area (Å²) in [4.78, 5) is 29.1. The first kappa shape index (κ1) is 18.9. The lowest BCUT2D eigenvalue weighted by Crippen LogP contribution is -2.16. The molecule has 0 spiro atoms. The predicted octanol–water partition coefficient (Wildman–Crippen LogP) is 3.91. The summed E-state index contributed by atoms with van der Waals surface area (Å²) in [7, 11) is 0. The zero-order chi connectivity index (χ0) is 19.4. The van der Waals surface area contributed by atoms with Crippen molar-refractivity contribution in [3.05, 3.63) is 63.4 Å². The van der Waals surface area contributed by atoms with Crippen molar-refractivity contribution in [2.75, 3.05) is 6.61 Å². The third-order valence-corrected chi connectivity index (χ3v) is 5.02. The Morgan fingerprint density at radius 2 is 1.93 bits per heavy atom. The lowest BCUT2D eigenvalue weighted by atomic mass is 10.2. The van der Waals surface area contributed by atoms with Crippen molar-refractivity contribution in [3.8, 4) is 12.3 Å². The van der Waals surface area contributed by atoms with Gasteiger partial charge in [0.15, 0.2) is 4.80 Å². The van der Waals surface area contributed by atoms with Gasteiger partial charge < -0.3 is 9.30 Å². The van der Waals surface area contributed by atoms with Crippen molar-refractivity contribution in [3.63, 3.8) is 0 Å². The molecule has 0 aliphatic heterocycles. The van der Waals surface area contributed by atoms with Crippen LogP contribution >= 0.6 is 22.9 Å². The Hall–Kier alpha value is -2.88. The van der Waals surface area contributed by atoms with Crippen LogP contribution in [0.25, 0.3) is 10.2 Å². The molecule has 1 aromatic heterocycles. The molecule has 0 saturated carbocycles. The molecule has 1 amide bonds. The summed E-state index contributed by atoms with van der Waals surface area (Å²) >= 11 is 7.14. The molecule has 0 aliphatic carbocycles. The number of carbonyl (C=O) groups is 2. The van der Waals surface area contributed by atoms with Crippen LogP contribution in [0.3, 0.4) is 0 Å². The number of fused-ring (bicyclic) bond motifs is 1. The molecule has 7 heteroatoms. The van der Waals surface area contributed by atoms with Gasteiger partial charge in [-0.25, -0.2) is 4.79 Å². The number of rotatable bonds is 4. The molecule has 0 bridgehead atoms. The highest BCUT2D eigenvalue weighted by molar-refractivity contribution is 7.16. The van der Waals surface area contributed by atoms with Crippen LogP contribution in [0.15, 0.2) is 47.5 Å². The first-order valence-electron chi connectivity index (χ1n) is 8.12. The van der Waals surface area contributed by atoms with Gasteiger partial charge in [-0.1, -0.05) is 28.9 Å². The van der Waals surface area contributed by atoms with Gasteiger partial charge in [-0.3, -0.25) is 4.79 Å². The fraction of sp³-hybridized carbons (Fsp3) is 0.150. The average Bonchev–Trinajstić information content (AvgIpc) is 2.99. The molecule has 3 rings (SSSR count). The van der Waals surface area contributed by atoms with E-state index in [1.807, 2.05) is 0 Å². The molecule has 0 unspecified atom stereocenters. The quantitative estimate of drug-likeness (QED) is 0.494. The SMILES string of the molecule is C#CCn1c(=NC(=O)c2ccc(Cl)cc2)sc2cc(C(=O)OCC)ccc21. The molecule has 0 radical (unpaired) electrons. The number of aromatic nitrogens is 1. The Labute approximate surface area is 164 Å². The highest BCUT2D eigenvalue weighted by Crippen LogP contribution is 2.20. The Kier molecular flexibility index (Phi) is 5.75. The second kappa shape index (κ2) is 8.21. The van der Waals surface area contributed by atoms with E-state index >= 15 is 0 Å². The van der Waals surface area contributed by atoms with Gasteiger partial charge in [-0.15, -0.1) is 6.42 Å². The third kappa shape index (κ3) is 4.11. The van der Waals surface area contributed by atoms with E-state index in [2.05, 4.69) is 10.9 Å². The summed E-state index contributed by atoms with van der Waals surface area (Å²) in [6.45, 7) is 2.31. The first-order valence-corrected chi connectivity index (χ1v) is 9.31. The summed E-state index contributed by atoms with van der Waals surface area (Å²) in [6, 6.07) is 11.7. The predicted molar refractivity (Wildman–Crippen MR) is 106 cm³/mol. The molecule has 0 saturated heterocycles. The molecular weight excluding hydrogens is 384 g/mol. The van der Waals surface area contributed by atoms with Gasteiger partial charge in [0.25, 0.3) is 5.91 Å². The molecule has 0 fully saturated rings. The van der Waals surface area contributed by atoms with Crippen LogP contribution in [0, 0.1) is 12.3 Å². The molecular formula is C20H15ClN2O3S. The minimum absolute atomic E-state index is 0.255. The lowest BCUT2D eigenvalue weighted by Gasteiger charge is -2.03. The van der Waals surface area contributed by atoms with E-state index in [0.717, 1.165) is 10.2 Å². The number of ether oxygens (including phenoxy) is 1. The summed E-state index contributed by atoms with van der Waals surface area (Å²) in [5.74, 6) is 1.78. The largest absolute Gasteiger partial charge is 0.462 e. The van der Waals surface area contributed by atoms with Crippen molar-refractivity contribution >= 4 is 45.0 Å². The molecule has 5 nitrogen and oxygen atoms in total. The number of hydrogen-bond donors (Lipinski definition) is 0. The van der Waals surface area contributed by atoms with Crippen LogP contribution < -0.4 is 4.80 Å². The zero-order valence-corrected chi connectivity index (χ0v) is 16.0. The van der Waals surface area contributed by atoms with Crippen molar-refractivity contribution < 1.29 is 14.3 Å². The van der Waals surface area contributed by atoms with Gasteiger partial charge in [0, 0.05) is 10.6 Å². The van der Waals surface area contributed by atoms with E-state index < -0.39 is 11.9 Å². The van der Waals surface area contributed by atoms with Crippen LogP contribution in [0.2, 0.25) is 5.02 Å². The monoisotopic (exact) mass is 398 g/mol. The fourth-order valence-corrected chi connectivity index (χ4v) is 3.68. The summed E-state index contributed by atoms with van der Waals surface area (Å²) in [5.41, 5.74) is 1.67. The molecule has 136 valence electrons. The van der Waals surface area contributed by atoms with Crippen molar-refractivity contribution in [2.24, 2.45) is 4.99 Å². The molecule has 27 heavy (non-hydrogen) atoms. The Morgan fingerprint density at radius 1 is 1.22 bits per heavy atom. The number of halogens is 1.